The molecule has 0 aliphatic carbocycles. The number of anilines is 1. The zero-order valence-corrected chi connectivity index (χ0v) is 14.6. The van der Waals surface area contributed by atoms with Gasteiger partial charge in [-0.15, -0.1) is 5.10 Å². The predicted molar refractivity (Wildman–Crippen MR) is 95.4 cm³/mol. The van der Waals surface area contributed by atoms with E-state index in [1.54, 1.807) is 22.9 Å². The molecule has 0 saturated carbocycles. The molecule has 0 unspecified atom stereocenters. The zero-order chi connectivity index (χ0) is 18.0. The van der Waals surface area contributed by atoms with Gasteiger partial charge in [-0.3, -0.25) is 4.79 Å². The van der Waals surface area contributed by atoms with Crippen molar-refractivity contribution in [1.29, 1.82) is 0 Å². The summed E-state index contributed by atoms with van der Waals surface area (Å²) in [6, 6.07) is 9.18. The van der Waals surface area contributed by atoms with Crippen LogP contribution in [0.4, 0.5) is 10.1 Å². The molecule has 25 heavy (non-hydrogen) atoms. The first kappa shape index (κ1) is 17.3. The third kappa shape index (κ3) is 3.94. The quantitative estimate of drug-likeness (QED) is 0.758. The van der Waals surface area contributed by atoms with Gasteiger partial charge in [0.05, 0.1) is 17.7 Å². The van der Waals surface area contributed by atoms with Gasteiger partial charge in [-0.25, -0.2) is 9.07 Å². The summed E-state index contributed by atoms with van der Waals surface area (Å²) in [6.45, 7) is 1.53. The van der Waals surface area contributed by atoms with Crippen LogP contribution in [0.5, 0.6) is 0 Å². The molecule has 0 atom stereocenters. The number of hydrogen-bond donors (Lipinski definition) is 1. The molecular formula is C17H17ClFN5O. The molecular weight excluding hydrogens is 345 g/mol. The Kier molecular flexibility index (Phi) is 4.96. The highest BCUT2D eigenvalue weighted by Crippen LogP contribution is 2.20. The van der Waals surface area contributed by atoms with Gasteiger partial charge < -0.3 is 10.2 Å². The number of nitrogens with one attached hydrogen (secondary N) is 1. The minimum Gasteiger partial charge on any atom is -0.319 e. The molecule has 6 nitrogen and oxygen atoms in total. The summed E-state index contributed by atoms with van der Waals surface area (Å²) in [5.74, 6) is -1.01. The van der Waals surface area contributed by atoms with Gasteiger partial charge in [-0.05, 0) is 50.5 Å². The van der Waals surface area contributed by atoms with Crippen LogP contribution in [0.15, 0.2) is 36.4 Å². The first-order valence-corrected chi connectivity index (χ1v) is 8.06. The lowest BCUT2D eigenvalue weighted by molar-refractivity contribution is 0.102. The Bertz CT molecular complexity index is 925. The van der Waals surface area contributed by atoms with E-state index < -0.39 is 11.7 Å². The minimum absolute atomic E-state index is 0.0733. The maximum absolute atomic E-state index is 13.8. The van der Waals surface area contributed by atoms with Crippen molar-refractivity contribution in [3.63, 3.8) is 0 Å². The maximum Gasteiger partial charge on any atom is 0.255 e. The summed E-state index contributed by atoms with van der Waals surface area (Å²) < 4.78 is 15.6. The number of fused-ring (bicyclic) bond motifs is 1. The predicted octanol–water partition coefficient (Wildman–Crippen LogP) is 3.04. The molecule has 1 aromatic heterocycles. The molecule has 3 rings (SSSR count). The summed E-state index contributed by atoms with van der Waals surface area (Å²) in [6.07, 6.45) is 0. The molecule has 1 heterocycles. The van der Waals surface area contributed by atoms with Crippen LogP contribution in [0.25, 0.3) is 11.0 Å². The van der Waals surface area contributed by atoms with Crippen molar-refractivity contribution in [3.8, 4) is 0 Å². The molecule has 2 aromatic carbocycles. The van der Waals surface area contributed by atoms with Crippen LogP contribution < -0.4 is 5.32 Å². The van der Waals surface area contributed by atoms with Crippen molar-refractivity contribution in [3.05, 3.63) is 52.8 Å². The van der Waals surface area contributed by atoms with Crippen molar-refractivity contribution < 1.29 is 9.18 Å². The highest BCUT2D eigenvalue weighted by atomic mass is 35.5. The Hall–Kier alpha value is -2.51. The molecule has 130 valence electrons. The lowest BCUT2D eigenvalue weighted by Gasteiger charge is -2.09. The molecule has 3 aromatic rings. The van der Waals surface area contributed by atoms with Gasteiger partial charge in [0, 0.05) is 17.1 Å². The second-order valence-electron chi connectivity index (χ2n) is 5.90. The number of likely N-dealkylation sites (N-methyl/N-ethyl adjacent to an activating group) is 1. The number of rotatable bonds is 5. The lowest BCUT2D eigenvalue weighted by atomic mass is 10.1. The molecule has 0 aliphatic heterocycles. The van der Waals surface area contributed by atoms with Crippen molar-refractivity contribution in [2.45, 2.75) is 6.54 Å². The third-order valence-corrected chi connectivity index (χ3v) is 3.95. The first-order chi connectivity index (χ1) is 11.9. The van der Waals surface area contributed by atoms with Crippen molar-refractivity contribution in [1.82, 2.24) is 19.9 Å². The van der Waals surface area contributed by atoms with Crippen LogP contribution in [0.3, 0.4) is 0 Å². The van der Waals surface area contributed by atoms with Crippen LogP contribution >= 0.6 is 11.6 Å². The van der Waals surface area contributed by atoms with Gasteiger partial charge in [-0.2, -0.15) is 0 Å². The summed E-state index contributed by atoms with van der Waals surface area (Å²) in [5, 5.41) is 11.0. The monoisotopic (exact) mass is 361 g/mol. The van der Waals surface area contributed by atoms with E-state index in [0.29, 0.717) is 17.6 Å². The SMILES string of the molecule is CN(C)CCn1nnc2cc(C(=O)Nc3ccc(Cl)cc3F)ccc21. The molecule has 0 radical (unpaired) electrons. The summed E-state index contributed by atoms with van der Waals surface area (Å²) in [4.78, 5) is 14.4. The highest BCUT2D eigenvalue weighted by molar-refractivity contribution is 6.30. The Labute approximate surface area is 149 Å². The van der Waals surface area contributed by atoms with E-state index in [0.717, 1.165) is 18.1 Å². The topological polar surface area (TPSA) is 63.1 Å². The fourth-order valence-electron chi connectivity index (χ4n) is 2.36. The van der Waals surface area contributed by atoms with Crippen LogP contribution in [-0.2, 0) is 6.54 Å². The molecule has 0 aliphatic rings. The third-order valence-electron chi connectivity index (χ3n) is 3.71. The number of benzene rings is 2. The Morgan fingerprint density at radius 1 is 1.28 bits per heavy atom. The average molecular weight is 362 g/mol. The highest BCUT2D eigenvalue weighted by Gasteiger charge is 2.12. The number of carbonyl (C=O) groups is 1. The average Bonchev–Trinajstić information content (AvgIpc) is 2.97. The van der Waals surface area contributed by atoms with Gasteiger partial charge in [0.1, 0.15) is 11.3 Å². The maximum atomic E-state index is 13.8. The fourth-order valence-corrected chi connectivity index (χ4v) is 2.52. The van der Waals surface area contributed by atoms with E-state index in [9.17, 15) is 9.18 Å². The van der Waals surface area contributed by atoms with Crippen molar-refractivity contribution in [2.24, 2.45) is 0 Å². The van der Waals surface area contributed by atoms with Gasteiger partial charge in [-0.1, -0.05) is 16.8 Å². The van der Waals surface area contributed by atoms with E-state index in [1.165, 1.54) is 12.1 Å². The first-order valence-electron chi connectivity index (χ1n) is 7.68. The van der Waals surface area contributed by atoms with Crippen LogP contribution in [0, 0.1) is 5.82 Å². The Morgan fingerprint density at radius 3 is 2.80 bits per heavy atom. The van der Waals surface area contributed by atoms with Crippen LogP contribution in [-0.4, -0.2) is 46.4 Å². The van der Waals surface area contributed by atoms with Crippen LogP contribution in [0.1, 0.15) is 10.4 Å². The van der Waals surface area contributed by atoms with Gasteiger partial charge in [0.15, 0.2) is 0 Å². The van der Waals surface area contributed by atoms with Gasteiger partial charge in [0.2, 0.25) is 0 Å². The standard InChI is InChI=1S/C17H17ClFN5O/c1-23(2)7-8-24-16-6-3-11(9-15(16)21-22-24)17(25)20-14-5-4-12(18)10-13(14)19/h3-6,9-10H,7-8H2,1-2H3,(H,20,25). The lowest BCUT2D eigenvalue weighted by Crippen LogP contribution is -2.19. The molecule has 1 N–H and O–H groups in total. The zero-order valence-electron chi connectivity index (χ0n) is 13.8. The Balaban J connectivity index is 1.80. The van der Waals surface area contributed by atoms with E-state index in [-0.39, 0.29) is 10.7 Å². The summed E-state index contributed by atoms with van der Waals surface area (Å²) >= 11 is 5.71. The number of halogens is 2. The molecule has 0 fully saturated rings. The number of nitrogens with zero attached hydrogens (tertiary/aromatic N) is 4. The van der Waals surface area contributed by atoms with Gasteiger partial charge >= 0.3 is 0 Å². The molecule has 0 spiro atoms. The number of hydrogen-bond acceptors (Lipinski definition) is 4. The number of amides is 1. The van der Waals surface area contributed by atoms with Crippen LogP contribution in [0.2, 0.25) is 5.02 Å². The second kappa shape index (κ2) is 7.16. The van der Waals surface area contributed by atoms with Crippen molar-refractivity contribution >= 4 is 34.2 Å². The van der Waals surface area contributed by atoms with E-state index in [1.807, 2.05) is 14.1 Å². The summed E-state index contributed by atoms with van der Waals surface area (Å²) in [7, 11) is 3.97. The number of carbonyl (C=O) groups excluding carboxylic acids is 1. The fraction of sp³-hybridized carbons (Fsp3) is 0.235. The minimum atomic E-state index is -0.587. The van der Waals surface area contributed by atoms with E-state index in [4.69, 9.17) is 11.6 Å². The second-order valence-corrected chi connectivity index (χ2v) is 6.33. The normalized spacial score (nSPS) is 11.2. The number of aromatic nitrogens is 3. The summed E-state index contributed by atoms with van der Waals surface area (Å²) in [5.41, 5.74) is 1.91. The molecule has 0 saturated heterocycles. The molecule has 0 bridgehead atoms. The largest absolute Gasteiger partial charge is 0.319 e. The molecule has 8 heteroatoms. The Morgan fingerprint density at radius 2 is 2.08 bits per heavy atom. The van der Waals surface area contributed by atoms with Crippen molar-refractivity contribution in [2.75, 3.05) is 26.0 Å². The van der Waals surface area contributed by atoms with E-state index >= 15 is 0 Å². The van der Waals surface area contributed by atoms with E-state index in [2.05, 4.69) is 20.5 Å². The smallest absolute Gasteiger partial charge is 0.255 e. The molecule has 1 amide bonds. The van der Waals surface area contributed by atoms with Gasteiger partial charge in [0.25, 0.3) is 5.91 Å².